The molecule has 118 valence electrons. The van der Waals surface area contributed by atoms with Crippen molar-refractivity contribution in [1.29, 1.82) is 0 Å². The average Bonchev–Trinajstić information content (AvgIpc) is 2.43. The fraction of sp³-hybridized carbons (Fsp3) is 0.857. The third kappa shape index (κ3) is 7.95. The van der Waals surface area contributed by atoms with E-state index in [9.17, 15) is 9.59 Å². The van der Waals surface area contributed by atoms with E-state index in [2.05, 4.69) is 0 Å². The van der Waals surface area contributed by atoms with E-state index in [-0.39, 0.29) is 25.0 Å². The number of hydrogen-bond acceptors (Lipinski definition) is 4. The number of esters is 2. The maximum Gasteiger partial charge on any atom is 0.324 e. The first-order valence-electron chi connectivity index (χ1n) is 7.00. The summed E-state index contributed by atoms with van der Waals surface area (Å²) in [6, 6.07) is 0. The summed E-state index contributed by atoms with van der Waals surface area (Å²) in [5, 5.41) is -1.58. The molecule has 0 radical (unpaired) electrons. The number of ether oxygens (including phenoxy) is 2. The van der Waals surface area contributed by atoms with Crippen LogP contribution < -0.4 is 0 Å². The van der Waals surface area contributed by atoms with E-state index in [1.807, 2.05) is 13.8 Å². The van der Waals surface area contributed by atoms with Gasteiger partial charge in [0.15, 0.2) is 0 Å². The fourth-order valence-corrected chi connectivity index (χ4v) is 1.59. The molecule has 0 aliphatic heterocycles. The summed E-state index contributed by atoms with van der Waals surface area (Å²) in [5.74, 6) is -0.944. The minimum absolute atomic E-state index is 0.161. The highest BCUT2D eigenvalue weighted by Gasteiger charge is 2.24. The van der Waals surface area contributed by atoms with E-state index in [0.29, 0.717) is 0 Å². The third-order valence-corrected chi connectivity index (χ3v) is 3.76. The maximum atomic E-state index is 11.6. The Hall–Kier alpha value is -0.480. The molecule has 0 aromatic heterocycles. The molecule has 0 aromatic rings. The van der Waals surface area contributed by atoms with Gasteiger partial charge < -0.3 is 9.47 Å². The van der Waals surface area contributed by atoms with Crippen molar-refractivity contribution >= 4 is 35.1 Å². The van der Waals surface area contributed by atoms with Crippen molar-refractivity contribution in [3.05, 3.63) is 0 Å². The molecule has 0 aliphatic carbocycles. The highest BCUT2D eigenvalue weighted by Crippen LogP contribution is 2.16. The molecule has 0 bridgehead atoms. The molecule has 4 nitrogen and oxygen atoms in total. The first kappa shape index (κ1) is 19.5. The first-order valence-corrected chi connectivity index (χ1v) is 7.88. The van der Waals surface area contributed by atoms with Crippen LogP contribution >= 0.6 is 23.2 Å². The van der Waals surface area contributed by atoms with Crippen molar-refractivity contribution in [3.63, 3.8) is 0 Å². The van der Waals surface area contributed by atoms with E-state index in [0.717, 1.165) is 12.8 Å². The Morgan fingerprint density at radius 3 is 1.40 bits per heavy atom. The van der Waals surface area contributed by atoms with Crippen LogP contribution in [0, 0.1) is 0 Å². The van der Waals surface area contributed by atoms with Gasteiger partial charge in [-0.15, -0.1) is 23.2 Å². The van der Waals surface area contributed by atoms with Crippen LogP contribution in [0.1, 0.15) is 53.4 Å². The summed E-state index contributed by atoms with van der Waals surface area (Å²) >= 11 is 11.9. The monoisotopic (exact) mass is 326 g/mol. The summed E-state index contributed by atoms with van der Waals surface area (Å²) in [6.07, 6.45) is 1.70. The van der Waals surface area contributed by atoms with Crippen LogP contribution in [-0.4, -0.2) is 34.9 Å². The summed E-state index contributed by atoms with van der Waals surface area (Å²) in [7, 11) is 0. The minimum atomic E-state index is -0.790. The Bertz CT molecular complexity index is 280. The lowest BCUT2D eigenvalue weighted by Gasteiger charge is -2.16. The number of carbonyl (C=O) groups is 2. The van der Waals surface area contributed by atoms with E-state index in [4.69, 9.17) is 32.7 Å². The molecule has 6 heteroatoms. The van der Waals surface area contributed by atoms with Gasteiger partial charge in [-0.2, -0.15) is 0 Å². The van der Waals surface area contributed by atoms with Crippen molar-refractivity contribution in [3.8, 4) is 0 Å². The number of carbonyl (C=O) groups excluding carboxylic acids is 2. The summed E-state index contributed by atoms with van der Waals surface area (Å²) in [6.45, 7) is 7.44. The molecule has 20 heavy (non-hydrogen) atoms. The summed E-state index contributed by atoms with van der Waals surface area (Å²) in [4.78, 5) is 23.2. The highest BCUT2D eigenvalue weighted by molar-refractivity contribution is 6.31. The van der Waals surface area contributed by atoms with Gasteiger partial charge in [-0.1, -0.05) is 13.8 Å². The van der Waals surface area contributed by atoms with Crippen LogP contribution in [0.4, 0.5) is 0 Å². The Balaban J connectivity index is 4.07. The van der Waals surface area contributed by atoms with Gasteiger partial charge >= 0.3 is 11.9 Å². The normalized spacial score (nSPS) is 16.9. The van der Waals surface area contributed by atoms with Gasteiger partial charge in [0.25, 0.3) is 0 Å². The molecule has 0 aliphatic rings. The van der Waals surface area contributed by atoms with Crippen molar-refractivity contribution in [2.75, 3.05) is 0 Å². The SMILES string of the molecule is CCC(C)OC(=O)C(Cl)CCC(Cl)C(=O)OC(C)CC. The second-order valence-corrected chi connectivity index (χ2v) is 5.88. The molecule has 0 fully saturated rings. The number of alkyl halides is 2. The van der Waals surface area contributed by atoms with Gasteiger partial charge in [-0.05, 0) is 39.5 Å². The Kier molecular flexibility index (Phi) is 10.0. The number of halogens is 2. The molecule has 0 spiro atoms. The molecule has 0 aromatic carbocycles. The zero-order valence-electron chi connectivity index (χ0n) is 12.5. The van der Waals surface area contributed by atoms with Gasteiger partial charge in [-0.3, -0.25) is 9.59 Å². The predicted molar refractivity (Wildman–Crippen MR) is 80.2 cm³/mol. The van der Waals surface area contributed by atoms with Crippen LogP contribution in [0.2, 0.25) is 0 Å². The van der Waals surface area contributed by atoms with Crippen molar-refractivity contribution in [2.24, 2.45) is 0 Å². The summed E-state index contributed by atoms with van der Waals surface area (Å²) < 4.78 is 10.2. The van der Waals surface area contributed by atoms with Crippen molar-refractivity contribution in [2.45, 2.75) is 76.3 Å². The van der Waals surface area contributed by atoms with E-state index in [1.165, 1.54) is 0 Å². The summed E-state index contributed by atoms with van der Waals surface area (Å²) in [5.41, 5.74) is 0. The lowest BCUT2D eigenvalue weighted by molar-refractivity contribution is -0.150. The molecule has 0 heterocycles. The van der Waals surface area contributed by atoms with E-state index >= 15 is 0 Å². The molecule has 0 amide bonds. The Morgan fingerprint density at radius 1 is 0.850 bits per heavy atom. The smallest absolute Gasteiger partial charge is 0.324 e. The molecule has 0 N–H and O–H groups in total. The van der Waals surface area contributed by atoms with Gasteiger partial charge in [0.1, 0.15) is 10.8 Å². The van der Waals surface area contributed by atoms with Gasteiger partial charge in [0.05, 0.1) is 12.2 Å². The first-order chi connectivity index (χ1) is 9.31. The molecular formula is C14H24Cl2O4. The van der Waals surface area contributed by atoms with Crippen LogP contribution in [0.15, 0.2) is 0 Å². The molecule has 4 atom stereocenters. The van der Waals surface area contributed by atoms with E-state index in [1.54, 1.807) is 13.8 Å². The standard InChI is InChI=1S/C14H24Cl2O4/c1-5-9(3)19-13(17)11(15)7-8-12(16)14(18)20-10(4)6-2/h9-12H,5-8H2,1-4H3. The average molecular weight is 327 g/mol. The van der Waals surface area contributed by atoms with Crippen molar-refractivity contribution in [1.82, 2.24) is 0 Å². The van der Waals surface area contributed by atoms with Crippen LogP contribution in [-0.2, 0) is 19.1 Å². The Labute approximate surface area is 131 Å². The quantitative estimate of drug-likeness (QED) is 0.479. The third-order valence-electron chi connectivity index (χ3n) is 2.97. The lowest BCUT2D eigenvalue weighted by Crippen LogP contribution is -2.26. The molecule has 0 rings (SSSR count). The Morgan fingerprint density at radius 2 is 1.15 bits per heavy atom. The molecule has 4 unspecified atom stereocenters. The van der Waals surface area contributed by atoms with E-state index < -0.39 is 22.7 Å². The number of hydrogen-bond donors (Lipinski definition) is 0. The molecule has 0 saturated heterocycles. The topological polar surface area (TPSA) is 52.6 Å². The molecular weight excluding hydrogens is 303 g/mol. The number of rotatable bonds is 9. The van der Waals surface area contributed by atoms with Crippen LogP contribution in [0.3, 0.4) is 0 Å². The zero-order valence-corrected chi connectivity index (χ0v) is 14.0. The molecule has 0 saturated carbocycles. The maximum absolute atomic E-state index is 11.6. The van der Waals surface area contributed by atoms with Crippen LogP contribution in [0.5, 0.6) is 0 Å². The van der Waals surface area contributed by atoms with Crippen LogP contribution in [0.25, 0.3) is 0 Å². The highest BCUT2D eigenvalue weighted by atomic mass is 35.5. The predicted octanol–water partition coefficient (Wildman–Crippen LogP) is 3.66. The second kappa shape index (κ2) is 10.3. The van der Waals surface area contributed by atoms with Gasteiger partial charge in [0.2, 0.25) is 0 Å². The lowest BCUT2D eigenvalue weighted by atomic mass is 10.2. The van der Waals surface area contributed by atoms with Gasteiger partial charge in [-0.25, -0.2) is 0 Å². The largest absolute Gasteiger partial charge is 0.462 e. The fourth-order valence-electron chi connectivity index (χ4n) is 1.24. The van der Waals surface area contributed by atoms with Gasteiger partial charge in [0, 0.05) is 0 Å². The second-order valence-electron chi connectivity index (χ2n) is 4.82. The van der Waals surface area contributed by atoms with Crippen molar-refractivity contribution < 1.29 is 19.1 Å². The zero-order chi connectivity index (χ0) is 15.7. The minimum Gasteiger partial charge on any atom is -0.462 e.